The van der Waals surface area contributed by atoms with Gasteiger partial charge in [-0.3, -0.25) is 0 Å². The first-order valence-corrected chi connectivity index (χ1v) is 7.63. The van der Waals surface area contributed by atoms with Gasteiger partial charge in [0, 0.05) is 16.6 Å². The molecule has 1 saturated carbocycles. The molecule has 1 fully saturated rings. The van der Waals surface area contributed by atoms with E-state index in [0.717, 1.165) is 25.7 Å². The van der Waals surface area contributed by atoms with Crippen LogP contribution < -0.4 is 10.6 Å². The van der Waals surface area contributed by atoms with Crippen LogP contribution in [0.3, 0.4) is 0 Å². The Morgan fingerprint density at radius 2 is 2.00 bits per heavy atom. The second kappa shape index (κ2) is 7.00. The van der Waals surface area contributed by atoms with Crippen molar-refractivity contribution in [3.63, 3.8) is 0 Å². The lowest BCUT2D eigenvalue weighted by atomic mass is 9.96. The van der Waals surface area contributed by atoms with Crippen molar-refractivity contribution in [3.05, 3.63) is 22.7 Å². The predicted octanol–water partition coefficient (Wildman–Crippen LogP) is 3.55. The van der Waals surface area contributed by atoms with Crippen molar-refractivity contribution in [1.82, 2.24) is 5.32 Å². The van der Waals surface area contributed by atoms with Gasteiger partial charge in [0.15, 0.2) is 0 Å². The lowest BCUT2D eigenvalue weighted by molar-refractivity contribution is 0.195. The number of carbonyl (C=O) groups is 1. The summed E-state index contributed by atoms with van der Waals surface area (Å²) in [5, 5.41) is 25.5. The van der Waals surface area contributed by atoms with E-state index in [4.69, 9.17) is 11.6 Å². The van der Waals surface area contributed by atoms with E-state index in [9.17, 15) is 15.0 Å². The van der Waals surface area contributed by atoms with Crippen LogP contribution in [0.5, 0.6) is 5.75 Å². The van der Waals surface area contributed by atoms with Crippen LogP contribution in [0.2, 0.25) is 5.02 Å². The summed E-state index contributed by atoms with van der Waals surface area (Å²) in [5.41, 5.74) is 0.488. The number of aliphatic hydroxyl groups excluding tert-OH is 1. The van der Waals surface area contributed by atoms with Gasteiger partial charge in [0.25, 0.3) is 0 Å². The van der Waals surface area contributed by atoms with Gasteiger partial charge in [-0.15, -0.1) is 0 Å². The topological polar surface area (TPSA) is 81.6 Å². The monoisotopic (exact) mass is 312 g/mol. The Morgan fingerprint density at radius 3 is 2.62 bits per heavy atom. The molecule has 1 aliphatic carbocycles. The number of hydrogen-bond donors (Lipinski definition) is 4. The van der Waals surface area contributed by atoms with Gasteiger partial charge in [0.2, 0.25) is 0 Å². The molecule has 0 heterocycles. The van der Waals surface area contributed by atoms with Crippen LogP contribution in [0.4, 0.5) is 10.5 Å². The lowest BCUT2D eigenvalue weighted by Gasteiger charge is -2.23. The van der Waals surface area contributed by atoms with Crippen LogP contribution in [0.1, 0.15) is 50.7 Å². The summed E-state index contributed by atoms with van der Waals surface area (Å²) < 4.78 is 0. The third-order valence-corrected chi connectivity index (χ3v) is 3.96. The summed E-state index contributed by atoms with van der Waals surface area (Å²) >= 11 is 5.95. The van der Waals surface area contributed by atoms with E-state index in [2.05, 4.69) is 10.6 Å². The predicted molar refractivity (Wildman–Crippen MR) is 82.8 cm³/mol. The molecule has 4 N–H and O–H groups in total. The maximum atomic E-state index is 12.0. The first-order valence-electron chi connectivity index (χ1n) is 7.25. The van der Waals surface area contributed by atoms with Gasteiger partial charge in [-0.05, 0) is 31.9 Å². The van der Waals surface area contributed by atoms with E-state index in [0.29, 0.717) is 5.02 Å². The zero-order chi connectivity index (χ0) is 15.4. The van der Waals surface area contributed by atoms with E-state index in [1.54, 1.807) is 0 Å². The average Bonchev–Trinajstić information content (AvgIpc) is 2.43. The molecule has 1 atom stereocenters. The summed E-state index contributed by atoms with van der Waals surface area (Å²) in [6.07, 6.45) is 4.55. The number of urea groups is 1. The van der Waals surface area contributed by atoms with Gasteiger partial charge in [-0.1, -0.05) is 30.9 Å². The van der Waals surface area contributed by atoms with E-state index in [1.807, 2.05) is 0 Å². The molecule has 0 spiro atoms. The Kier molecular flexibility index (Phi) is 5.31. The number of anilines is 1. The number of carbonyl (C=O) groups excluding carboxylic acids is 1. The maximum absolute atomic E-state index is 12.0. The number of halogens is 1. The van der Waals surface area contributed by atoms with Crippen molar-refractivity contribution in [2.24, 2.45) is 0 Å². The molecule has 0 aromatic heterocycles. The molecule has 1 unspecified atom stereocenters. The second-order valence-electron chi connectivity index (χ2n) is 5.50. The van der Waals surface area contributed by atoms with E-state index >= 15 is 0 Å². The van der Waals surface area contributed by atoms with E-state index in [-0.39, 0.29) is 29.1 Å². The number of hydrogen-bond acceptors (Lipinski definition) is 3. The number of aromatic hydroxyl groups is 1. The molecule has 0 aliphatic heterocycles. The van der Waals surface area contributed by atoms with Crippen molar-refractivity contribution in [1.29, 1.82) is 0 Å². The minimum absolute atomic E-state index is 0.159. The number of nitrogens with one attached hydrogen (secondary N) is 2. The zero-order valence-electron chi connectivity index (χ0n) is 12.0. The van der Waals surface area contributed by atoms with Crippen LogP contribution in [-0.2, 0) is 0 Å². The van der Waals surface area contributed by atoms with Crippen molar-refractivity contribution >= 4 is 23.3 Å². The standard InChI is InChI=1S/C15H21ClN2O3/c1-9(19)12-7-10(16)8-13(14(12)20)18-15(21)17-11-5-3-2-4-6-11/h7-9,11,19-20H,2-6H2,1H3,(H2,17,18,21). The number of rotatable bonds is 3. The highest BCUT2D eigenvalue weighted by molar-refractivity contribution is 6.31. The minimum atomic E-state index is -0.870. The molecular weight excluding hydrogens is 292 g/mol. The normalized spacial score (nSPS) is 17.3. The summed E-state index contributed by atoms with van der Waals surface area (Å²) in [5.74, 6) is -0.159. The molecule has 6 heteroatoms. The Hall–Kier alpha value is -1.46. The molecule has 0 radical (unpaired) electrons. The maximum Gasteiger partial charge on any atom is 0.319 e. The number of aliphatic hydroxyl groups is 1. The second-order valence-corrected chi connectivity index (χ2v) is 5.94. The number of phenolic OH excluding ortho intramolecular Hbond substituents is 1. The average molecular weight is 313 g/mol. The van der Waals surface area contributed by atoms with Crippen molar-refractivity contribution < 1.29 is 15.0 Å². The van der Waals surface area contributed by atoms with Crippen LogP contribution >= 0.6 is 11.6 Å². The highest BCUT2D eigenvalue weighted by atomic mass is 35.5. The molecule has 1 aliphatic rings. The quantitative estimate of drug-likeness (QED) is 0.644. The summed E-state index contributed by atoms with van der Waals surface area (Å²) in [6.45, 7) is 1.53. The molecular formula is C15H21ClN2O3. The largest absolute Gasteiger partial charge is 0.505 e. The fourth-order valence-electron chi connectivity index (χ4n) is 2.62. The Morgan fingerprint density at radius 1 is 1.33 bits per heavy atom. The van der Waals surface area contributed by atoms with E-state index in [1.165, 1.54) is 25.5 Å². The SMILES string of the molecule is CC(O)c1cc(Cl)cc(NC(=O)NC2CCCCC2)c1O. The summed E-state index contributed by atoms with van der Waals surface area (Å²) in [7, 11) is 0. The number of amides is 2. The molecule has 116 valence electrons. The first-order chi connectivity index (χ1) is 9.97. The Labute approximate surface area is 129 Å². The van der Waals surface area contributed by atoms with Gasteiger partial charge in [-0.2, -0.15) is 0 Å². The van der Waals surface area contributed by atoms with Gasteiger partial charge < -0.3 is 20.8 Å². The molecule has 1 aromatic rings. The van der Waals surface area contributed by atoms with Gasteiger partial charge in [0.1, 0.15) is 5.75 Å². The van der Waals surface area contributed by atoms with Crippen molar-refractivity contribution in [2.45, 2.75) is 51.2 Å². The molecule has 21 heavy (non-hydrogen) atoms. The van der Waals surface area contributed by atoms with Crippen molar-refractivity contribution in [2.75, 3.05) is 5.32 Å². The molecule has 0 saturated heterocycles. The van der Waals surface area contributed by atoms with Gasteiger partial charge in [-0.25, -0.2) is 4.79 Å². The fourth-order valence-corrected chi connectivity index (χ4v) is 2.85. The molecule has 2 amide bonds. The molecule has 2 rings (SSSR count). The number of benzene rings is 1. The van der Waals surface area contributed by atoms with Gasteiger partial charge >= 0.3 is 6.03 Å². The Balaban J connectivity index is 2.06. The molecule has 5 nitrogen and oxygen atoms in total. The minimum Gasteiger partial charge on any atom is -0.505 e. The lowest BCUT2D eigenvalue weighted by Crippen LogP contribution is -2.39. The van der Waals surface area contributed by atoms with Crippen LogP contribution in [0.25, 0.3) is 0 Å². The Bertz CT molecular complexity index is 514. The first kappa shape index (κ1) is 15.9. The third kappa shape index (κ3) is 4.25. The highest BCUT2D eigenvalue weighted by Crippen LogP contribution is 2.35. The van der Waals surface area contributed by atoms with Crippen LogP contribution in [-0.4, -0.2) is 22.3 Å². The molecule has 0 bridgehead atoms. The molecule has 1 aromatic carbocycles. The fraction of sp³-hybridized carbons (Fsp3) is 0.533. The summed E-state index contributed by atoms with van der Waals surface area (Å²) in [6, 6.07) is 2.75. The zero-order valence-corrected chi connectivity index (χ0v) is 12.8. The van der Waals surface area contributed by atoms with Crippen LogP contribution in [0.15, 0.2) is 12.1 Å². The van der Waals surface area contributed by atoms with Crippen LogP contribution in [0, 0.1) is 0 Å². The summed E-state index contributed by atoms with van der Waals surface area (Å²) in [4.78, 5) is 12.0. The van der Waals surface area contributed by atoms with Gasteiger partial charge in [0.05, 0.1) is 11.8 Å². The van der Waals surface area contributed by atoms with Crippen molar-refractivity contribution in [3.8, 4) is 5.75 Å². The smallest absolute Gasteiger partial charge is 0.319 e. The van der Waals surface area contributed by atoms with E-state index < -0.39 is 6.10 Å². The number of phenols is 1. The third-order valence-electron chi connectivity index (χ3n) is 3.74. The highest BCUT2D eigenvalue weighted by Gasteiger charge is 2.18.